The number of pyridine rings is 1. The second-order valence-electron chi connectivity index (χ2n) is 4.62. The van der Waals surface area contributed by atoms with E-state index < -0.39 is 35.1 Å². The summed E-state index contributed by atoms with van der Waals surface area (Å²) >= 11 is 5.57. The summed E-state index contributed by atoms with van der Waals surface area (Å²) in [5, 5.41) is 1.93. The lowest BCUT2D eigenvalue weighted by atomic mass is 10.1. The molecule has 24 heavy (non-hydrogen) atoms. The van der Waals surface area contributed by atoms with Gasteiger partial charge in [-0.15, -0.1) is 0 Å². The number of hydrogen-bond donors (Lipinski definition) is 1. The van der Waals surface area contributed by atoms with Crippen molar-refractivity contribution in [3.8, 4) is 0 Å². The van der Waals surface area contributed by atoms with Crippen molar-refractivity contribution in [2.45, 2.75) is 12.4 Å². The van der Waals surface area contributed by atoms with Gasteiger partial charge in [0.05, 0.1) is 11.1 Å². The zero-order valence-corrected chi connectivity index (χ0v) is 12.2. The monoisotopic (exact) mass is 368 g/mol. The van der Waals surface area contributed by atoms with Crippen LogP contribution in [0.4, 0.5) is 32.0 Å². The molecule has 0 saturated heterocycles. The van der Waals surface area contributed by atoms with Gasteiger partial charge < -0.3 is 5.32 Å². The molecule has 2 rings (SSSR count). The highest BCUT2D eigenvalue weighted by atomic mass is 35.5. The Labute approximate surface area is 136 Å². The second-order valence-corrected chi connectivity index (χ2v) is 5.00. The van der Waals surface area contributed by atoms with Gasteiger partial charge in [0.1, 0.15) is 5.15 Å². The number of halogens is 7. The lowest BCUT2D eigenvalue weighted by molar-refractivity contribution is -0.143. The fourth-order valence-corrected chi connectivity index (χ4v) is 1.95. The van der Waals surface area contributed by atoms with Crippen molar-refractivity contribution in [2.75, 3.05) is 5.32 Å². The highest BCUT2D eigenvalue weighted by Gasteiger charge is 2.37. The minimum absolute atomic E-state index is 0.0288. The van der Waals surface area contributed by atoms with E-state index in [1.54, 1.807) is 0 Å². The summed E-state index contributed by atoms with van der Waals surface area (Å²) in [5.74, 6) is -0.924. The van der Waals surface area contributed by atoms with E-state index in [1.165, 1.54) is 12.3 Å². The molecule has 3 nitrogen and oxygen atoms in total. The van der Waals surface area contributed by atoms with Crippen LogP contribution in [0.25, 0.3) is 0 Å². The Kier molecular flexibility index (Phi) is 4.75. The lowest BCUT2D eigenvalue weighted by Gasteiger charge is -2.14. The summed E-state index contributed by atoms with van der Waals surface area (Å²) in [5.41, 5.74) is -3.77. The van der Waals surface area contributed by atoms with Crippen molar-refractivity contribution in [1.29, 1.82) is 0 Å². The van der Waals surface area contributed by atoms with Crippen LogP contribution in [0.5, 0.6) is 0 Å². The maximum atomic E-state index is 12.7. The number of hydrogen-bond acceptors (Lipinski definition) is 2. The Morgan fingerprint density at radius 1 is 0.958 bits per heavy atom. The second kappa shape index (κ2) is 6.31. The van der Waals surface area contributed by atoms with Gasteiger partial charge in [0.25, 0.3) is 5.91 Å². The molecule has 1 aromatic heterocycles. The number of carbonyl (C=O) groups is 1. The largest absolute Gasteiger partial charge is 0.416 e. The molecule has 2 aromatic rings. The van der Waals surface area contributed by atoms with Crippen molar-refractivity contribution < 1.29 is 31.1 Å². The van der Waals surface area contributed by atoms with Gasteiger partial charge in [-0.25, -0.2) is 4.98 Å². The van der Waals surface area contributed by atoms with Crippen molar-refractivity contribution >= 4 is 23.2 Å². The third-order valence-electron chi connectivity index (χ3n) is 2.83. The smallest absolute Gasteiger partial charge is 0.322 e. The van der Waals surface area contributed by atoms with E-state index in [9.17, 15) is 31.1 Å². The van der Waals surface area contributed by atoms with Crippen LogP contribution in [-0.4, -0.2) is 10.9 Å². The molecule has 1 heterocycles. The van der Waals surface area contributed by atoms with Gasteiger partial charge in [-0.2, -0.15) is 26.3 Å². The van der Waals surface area contributed by atoms with Gasteiger partial charge in [-0.3, -0.25) is 4.79 Å². The SMILES string of the molecule is O=C(Nc1cc(C(F)(F)F)cc(C(F)(F)F)c1)c1ccnc(Cl)c1. The average Bonchev–Trinajstić information content (AvgIpc) is 2.45. The molecule has 0 aliphatic heterocycles. The predicted molar refractivity (Wildman–Crippen MR) is 73.6 cm³/mol. The topological polar surface area (TPSA) is 42.0 Å². The van der Waals surface area contributed by atoms with Crippen molar-refractivity contribution in [1.82, 2.24) is 4.98 Å². The Bertz CT molecular complexity index is 740. The van der Waals surface area contributed by atoms with Crippen LogP contribution < -0.4 is 5.32 Å². The maximum Gasteiger partial charge on any atom is 0.416 e. The Balaban J connectivity index is 2.40. The lowest BCUT2D eigenvalue weighted by Crippen LogP contribution is -2.16. The van der Waals surface area contributed by atoms with Gasteiger partial charge in [-0.05, 0) is 30.3 Å². The van der Waals surface area contributed by atoms with Gasteiger partial charge in [0, 0.05) is 17.4 Å². The first-order valence-corrected chi connectivity index (χ1v) is 6.57. The molecule has 0 radical (unpaired) electrons. The molecule has 0 bridgehead atoms. The molecule has 1 N–H and O–H groups in total. The molecule has 0 aliphatic carbocycles. The molecule has 0 unspecified atom stereocenters. The number of carbonyl (C=O) groups excluding carboxylic acids is 1. The molecule has 0 aliphatic rings. The molecule has 128 valence electrons. The Morgan fingerprint density at radius 3 is 1.96 bits per heavy atom. The summed E-state index contributed by atoms with van der Waals surface area (Å²) in [6.45, 7) is 0. The summed E-state index contributed by atoms with van der Waals surface area (Å²) < 4.78 is 76.5. The normalized spacial score (nSPS) is 12.1. The van der Waals surface area contributed by atoms with Crippen molar-refractivity contribution in [3.63, 3.8) is 0 Å². The summed E-state index contributed by atoms with van der Waals surface area (Å²) in [7, 11) is 0. The Morgan fingerprint density at radius 2 is 1.50 bits per heavy atom. The van der Waals surface area contributed by atoms with E-state index in [0.29, 0.717) is 12.1 Å². The third kappa shape index (κ3) is 4.38. The first kappa shape index (κ1) is 18.1. The number of alkyl halides is 6. The first-order chi connectivity index (χ1) is 11.0. The van der Waals surface area contributed by atoms with Crippen LogP contribution in [-0.2, 0) is 12.4 Å². The minimum Gasteiger partial charge on any atom is -0.322 e. The van der Waals surface area contributed by atoms with E-state index in [0.717, 1.165) is 6.07 Å². The quantitative estimate of drug-likeness (QED) is 0.597. The standard InChI is InChI=1S/C14H7ClF6N2O/c15-11-3-7(1-2-22-11)12(24)23-10-5-8(13(16,17)18)4-9(6-10)14(19,20)21/h1-6H,(H,23,24). The van der Waals surface area contributed by atoms with Gasteiger partial charge in [-0.1, -0.05) is 11.6 Å². The fraction of sp³-hybridized carbons (Fsp3) is 0.143. The van der Waals surface area contributed by atoms with Crippen LogP contribution >= 0.6 is 11.6 Å². The van der Waals surface area contributed by atoms with Crippen LogP contribution in [0.2, 0.25) is 5.15 Å². The molecule has 0 saturated carbocycles. The molecular weight excluding hydrogens is 362 g/mol. The molecule has 0 spiro atoms. The predicted octanol–water partition coefficient (Wildman–Crippen LogP) is 5.02. The zero-order valence-electron chi connectivity index (χ0n) is 11.5. The molecule has 0 fully saturated rings. The first-order valence-electron chi connectivity index (χ1n) is 6.19. The zero-order chi connectivity index (χ0) is 18.1. The fourth-order valence-electron chi connectivity index (χ4n) is 1.77. The Hall–Kier alpha value is -2.29. The maximum absolute atomic E-state index is 12.7. The van der Waals surface area contributed by atoms with Crippen LogP contribution in [0.3, 0.4) is 0 Å². The van der Waals surface area contributed by atoms with Crippen LogP contribution in [0, 0.1) is 0 Å². The van der Waals surface area contributed by atoms with Crippen LogP contribution in [0.1, 0.15) is 21.5 Å². The molecule has 10 heteroatoms. The van der Waals surface area contributed by atoms with Crippen molar-refractivity contribution in [2.24, 2.45) is 0 Å². The van der Waals surface area contributed by atoms with E-state index in [1.807, 2.05) is 5.32 Å². The van der Waals surface area contributed by atoms with E-state index in [-0.39, 0.29) is 16.8 Å². The van der Waals surface area contributed by atoms with Gasteiger partial charge >= 0.3 is 12.4 Å². The minimum atomic E-state index is -5.00. The van der Waals surface area contributed by atoms with Crippen LogP contribution in [0.15, 0.2) is 36.5 Å². The molecule has 1 amide bonds. The van der Waals surface area contributed by atoms with E-state index >= 15 is 0 Å². The third-order valence-corrected chi connectivity index (χ3v) is 3.04. The van der Waals surface area contributed by atoms with E-state index in [2.05, 4.69) is 4.98 Å². The van der Waals surface area contributed by atoms with Gasteiger partial charge in [0.2, 0.25) is 0 Å². The average molecular weight is 369 g/mol. The number of nitrogens with one attached hydrogen (secondary N) is 1. The summed E-state index contributed by atoms with van der Waals surface area (Å²) in [4.78, 5) is 15.5. The van der Waals surface area contributed by atoms with Gasteiger partial charge in [0.15, 0.2) is 0 Å². The summed E-state index contributed by atoms with van der Waals surface area (Å²) in [6, 6.07) is 3.12. The highest BCUT2D eigenvalue weighted by Crippen LogP contribution is 2.37. The summed E-state index contributed by atoms with van der Waals surface area (Å²) in [6.07, 6.45) is -8.83. The molecule has 0 atom stereocenters. The molecular formula is C14H7ClF6N2O. The molecule has 1 aromatic carbocycles. The van der Waals surface area contributed by atoms with E-state index in [4.69, 9.17) is 11.6 Å². The number of anilines is 1. The number of aromatic nitrogens is 1. The number of benzene rings is 1. The number of rotatable bonds is 2. The number of amides is 1. The highest BCUT2D eigenvalue weighted by molar-refractivity contribution is 6.29. The number of nitrogens with zero attached hydrogens (tertiary/aromatic N) is 1. The van der Waals surface area contributed by atoms with Crippen molar-refractivity contribution in [3.05, 3.63) is 58.4 Å².